The zero-order chi connectivity index (χ0) is 22.6. The maximum absolute atomic E-state index is 12.6. The number of piperazine rings is 1. The Bertz CT molecular complexity index is 1210. The number of nitrogens with zero attached hydrogens (tertiary/aromatic N) is 6. The fourth-order valence-electron chi connectivity index (χ4n) is 3.68. The van der Waals surface area contributed by atoms with Crippen LogP contribution in [0.3, 0.4) is 0 Å². The molecule has 1 aliphatic heterocycles. The molecule has 8 nitrogen and oxygen atoms in total. The van der Waals surface area contributed by atoms with Gasteiger partial charge in [-0.15, -0.1) is 11.3 Å². The highest BCUT2D eigenvalue weighted by Gasteiger charge is 2.16. The molecule has 0 atom stereocenters. The highest BCUT2D eigenvalue weighted by molar-refractivity contribution is 7.13. The topological polar surface area (TPSA) is 79.2 Å². The van der Waals surface area contributed by atoms with Crippen molar-refractivity contribution in [2.24, 2.45) is 0 Å². The summed E-state index contributed by atoms with van der Waals surface area (Å²) in [5.74, 6) is 0.787. The van der Waals surface area contributed by atoms with Crippen LogP contribution < -0.4 is 10.2 Å². The fraction of sp³-hybridized carbons (Fsp3) is 0.250. The van der Waals surface area contributed by atoms with E-state index in [9.17, 15) is 4.79 Å². The number of aromatic nitrogens is 4. The van der Waals surface area contributed by atoms with Crippen LogP contribution in [0.15, 0.2) is 66.4 Å². The number of benzene rings is 1. The highest BCUT2D eigenvalue weighted by atomic mass is 32.1. The number of thiazole rings is 1. The molecular weight excluding hydrogens is 434 g/mol. The molecule has 1 N–H and O–H groups in total. The summed E-state index contributed by atoms with van der Waals surface area (Å²) in [6, 6.07) is 13.9. The third-order valence-electron chi connectivity index (χ3n) is 5.68. The van der Waals surface area contributed by atoms with Crippen molar-refractivity contribution in [1.29, 1.82) is 0 Å². The Morgan fingerprint density at radius 2 is 1.88 bits per heavy atom. The van der Waals surface area contributed by atoms with Gasteiger partial charge in [-0.25, -0.2) is 14.6 Å². The molecule has 0 saturated carbocycles. The number of anilines is 1. The van der Waals surface area contributed by atoms with E-state index in [4.69, 9.17) is 0 Å². The predicted molar refractivity (Wildman–Crippen MR) is 130 cm³/mol. The largest absolute Gasteiger partial charge is 0.354 e. The van der Waals surface area contributed by atoms with Crippen molar-refractivity contribution in [3.63, 3.8) is 0 Å². The van der Waals surface area contributed by atoms with Crippen LogP contribution in [0.1, 0.15) is 16.1 Å². The molecule has 1 fully saturated rings. The lowest BCUT2D eigenvalue weighted by atomic mass is 10.2. The summed E-state index contributed by atoms with van der Waals surface area (Å²) in [7, 11) is 2.14. The van der Waals surface area contributed by atoms with E-state index in [0.717, 1.165) is 53.8 Å². The minimum atomic E-state index is -0.198. The fourth-order valence-corrected chi connectivity index (χ4v) is 4.46. The number of amides is 1. The number of hydrogen-bond acceptors (Lipinski definition) is 7. The lowest BCUT2D eigenvalue weighted by Gasteiger charge is -2.33. The van der Waals surface area contributed by atoms with Crippen molar-refractivity contribution in [2.75, 3.05) is 38.1 Å². The van der Waals surface area contributed by atoms with E-state index < -0.39 is 0 Å². The van der Waals surface area contributed by atoms with E-state index >= 15 is 0 Å². The molecule has 4 heterocycles. The lowest BCUT2D eigenvalue weighted by Crippen LogP contribution is -2.44. The van der Waals surface area contributed by atoms with E-state index in [1.807, 2.05) is 54.9 Å². The molecule has 1 saturated heterocycles. The second kappa shape index (κ2) is 9.51. The summed E-state index contributed by atoms with van der Waals surface area (Å²) in [4.78, 5) is 26.3. The first kappa shape index (κ1) is 21.3. The molecule has 1 aliphatic rings. The average molecular weight is 460 g/mol. The normalized spacial score (nSPS) is 14.4. The van der Waals surface area contributed by atoms with Crippen LogP contribution in [0.2, 0.25) is 0 Å². The second-order valence-corrected chi connectivity index (χ2v) is 8.90. The molecular formula is C24H25N7OS. The SMILES string of the molecule is CN1CCN(c2ccc(CNC(=O)c3csc(-c4cnn(-c5ccccc5)c4)n3)cn2)CC1. The first-order valence-corrected chi connectivity index (χ1v) is 11.8. The van der Waals surface area contributed by atoms with Crippen molar-refractivity contribution >= 4 is 23.1 Å². The number of rotatable bonds is 6. The molecule has 0 radical (unpaired) electrons. The van der Waals surface area contributed by atoms with Crippen molar-refractivity contribution in [3.05, 3.63) is 77.7 Å². The Balaban J connectivity index is 1.18. The van der Waals surface area contributed by atoms with E-state index in [-0.39, 0.29) is 5.91 Å². The van der Waals surface area contributed by atoms with Gasteiger partial charge in [0.25, 0.3) is 5.91 Å². The zero-order valence-electron chi connectivity index (χ0n) is 18.4. The van der Waals surface area contributed by atoms with Gasteiger partial charge < -0.3 is 15.1 Å². The van der Waals surface area contributed by atoms with Crippen molar-refractivity contribution in [3.8, 4) is 16.3 Å². The Hall–Kier alpha value is -3.56. The van der Waals surface area contributed by atoms with Gasteiger partial charge in [-0.05, 0) is 30.8 Å². The molecule has 9 heteroatoms. The summed E-state index contributed by atoms with van der Waals surface area (Å²) in [6.07, 6.45) is 5.52. The van der Waals surface area contributed by atoms with Crippen molar-refractivity contribution < 1.29 is 4.79 Å². The van der Waals surface area contributed by atoms with Gasteiger partial charge in [-0.1, -0.05) is 24.3 Å². The first-order valence-electron chi connectivity index (χ1n) is 10.9. The van der Waals surface area contributed by atoms with Crippen LogP contribution in [-0.4, -0.2) is 63.8 Å². The van der Waals surface area contributed by atoms with Gasteiger partial charge in [0.1, 0.15) is 16.5 Å². The molecule has 1 amide bonds. The van der Waals surface area contributed by atoms with E-state index in [1.54, 1.807) is 16.3 Å². The molecule has 0 unspecified atom stereocenters. The van der Waals surface area contributed by atoms with Gasteiger partial charge in [-0.2, -0.15) is 5.10 Å². The summed E-state index contributed by atoms with van der Waals surface area (Å²) >= 11 is 1.43. The predicted octanol–water partition coefficient (Wildman–Crippen LogP) is 3.07. The van der Waals surface area contributed by atoms with Gasteiger partial charge in [-0.3, -0.25) is 4.79 Å². The Morgan fingerprint density at radius 3 is 2.64 bits per heavy atom. The summed E-state index contributed by atoms with van der Waals surface area (Å²) < 4.78 is 1.80. The number of carbonyl (C=O) groups is 1. The molecule has 33 heavy (non-hydrogen) atoms. The van der Waals surface area contributed by atoms with Crippen molar-refractivity contribution in [2.45, 2.75) is 6.54 Å². The van der Waals surface area contributed by atoms with E-state index in [0.29, 0.717) is 12.2 Å². The third kappa shape index (κ3) is 4.94. The zero-order valence-corrected chi connectivity index (χ0v) is 19.2. The first-order chi connectivity index (χ1) is 16.2. The van der Waals surface area contributed by atoms with Gasteiger partial charge in [0, 0.05) is 56.1 Å². The number of hydrogen-bond donors (Lipinski definition) is 1. The molecule has 0 aliphatic carbocycles. The van der Waals surface area contributed by atoms with Gasteiger partial charge >= 0.3 is 0 Å². The molecule has 4 aromatic rings. The number of carbonyl (C=O) groups excluding carboxylic acids is 1. The Labute approximate surface area is 196 Å². The molecule has 3 aromatic heterocycles. The molecule has 168 valence electrons. The maximum atomic E-state index is 12.6. The van der Waals surface area contributed by atoms with Crippen LogP contribution >= 0.6 is 11.3 Å². The molecule has 5 rings (SSSR count). The van der Waals surface area contributed by atoms with Crippen LogP contribution in [-0.2, 0) is 6.54 Å². The number of nitrogens with one attached hydrogen (secondary N) is 1. The second-order valence-electron chi connectivity index (χ2n) is 8.04. The number of para-hydroxylation sites is 1. The number of pyridine rings is 1. The van der Waals surface area contributed by atoms with Gasteiger partial charge in [0.05, 0.1) is 11.9 Å². The van der Waals surface area contributed by atoms with Crippen LogP contribution in [0, 0.1) is 0 Å². The maximum Gasteiger partial charge on any atom is 0.271 e. The minimum Gasteiger partial charge on any atom is -0.354 e. The summed E-state index contributed by atoms with van der Waals surface area (Å²) in [6.45, 7) is 4.46. The molecule has 0 spiro atoms. The third-order valence-corrected chi connectivity index (χ3v) is 6.57. The highest BCUT2D eigenvalue weighted by Crippen LogP contribution is 2.24. The van der Waals surface area contributed by atoms with E-state index in [2.05, 4.69) is 37.2 Å². The lowest BCUT2D eigenvalue weighted by molar-refractivity contribution is 0.0946. The standard InChI is InChI=1S/C24H25N7OS/c1-29-9-11-30(12-10-29)22-8-7-18(13-25-22)14-26-23(32)21-17-33-24(28-21)19-15-27-31(16-19)20-5-3-2-4-6-20/h2-8,13,15-17H,9-12,14H2,1H3,(H,26,32). The average Bonchev–Trinajstić information content (AvgIpc) is 3.54. The monoisotopic (exact) mass is 459 g/mol. The van der Waals surface area contributed by atoms with Gasteiger partial charge in [0.2, 0.25) is 0 Å². The summed E-state index contributed by atoms with van der Waals surface area (Å²) in [5.41, 5.74) is 3.22. The van der Waals surface area contributed by atoms with Gasteiger partial charge in [0.15, 0.2) is 0 Å². The van der Waals surface area contributed by atoms with E-state index in [1.165, 1.54) is 11.3 Å². The Morgan fingerprint density at radius 1 is 1.06 bits per heavy atom. The summed E-state index contributed by atoms with van der Waals surface area (Å²) in [5, 5.41) is 9.89. The Kier molecular flexibility index (Phi) is 6.14. The minimum absolute atomic E-state index is 0.198. The quantitative estimate of drug-likeness (QED) is 0.477. The number of likely N-dealkylation sites (N-methyl/N-ethyl adjacent to an activating group) is 1. The molecule has 1 aromatic carbocycles. The van der Waals surface area contributed by atoms with Crippen LogP contribution in [0.5, 0.6) is 0 Å². The van der Waals surface area contributed by atoms with Crippen molar-refractivity contribution in [1.82, 2.24) is 30.0 Å². The smallest absolute Gasteiger partial charge is 0.271 e. The van der Waals surface area contributed by atoms with Crippen LogP contribution in [0.25, 0.3) is 16.3 Å². The van der Waals surface area contributed by atoms with Crippen LogP contribution in [0.4, 0.5) is 5.82 Å². The molecule has 0 bridgehead atoms.